The fourth-order valence-electron chi connectivity index (χ4n) is 2.27. The van der Waals surface area contributed by atoms with Crippen LogP contribution in [-0.2, 0) is 12.0 Å². The van der Waals surface area contributed by atoms with E-state index in [0.29, 0.717) is 23.1 Å². The van der Waals surface area contributed by atoms with Crippen LogP contribution in [0.5, 0.6) is 0 Å². The van der Waals surface area contributed by atoms with E-state index >= 15 is 0 Å². The molecule has 2 N–H and O–H groups in total. The van der Waals surface area contributed by atoms with Crippen LogP contribution >= 0.6 is 11.6 Å². The van der Waals surface area contributed by atoms with E-state index in [1.807, 2.05) is 32.3 Å². The van der Waals surface area contributed by atoms with Gasteiger partial charge in [0, 0.05) is 12.0 Å². The molecule has 0 unspecified atom stereocenters. The van der Waals surface area contributed by atoms with Crippen molar-refractivity contribution in [2.24, 2.45) is 0 Å². The van der Waals surface area contributed by atoms with Crippen molar-refractivity contribution in [1.29, 1.82) is 0 Å². The first-order chi connectivity index (χ1) is 9.27. The molecule has 5 heteroatoms. The molecule has 0 spiro atoms. The first kappa shape index (κ1) is 14.9. The molecule has 0 fully saturated rings. The third-order valence-electron chi connectivity index (χ3n) is 3.19. The fourth-order valence-corrected chi connectivity index (χ4v) is 2.52. The largest absolute Gasteiger partial charge is 0.383 e. The number of hydrogen-bond donors (Lipinski definition) is 1. The highest BCUT2D eigenvalue weighted by Gasteiger charge is 2.26. The average Bonchev–Trinajstić information content (AvgIpc) is 2.66. The van der Waals surface area contributed by atoms with Gasteiger partial charge >= 0.3 is 0 Å². The zero-order valence-corrected chi connectivity index (χ0v) is 12.9. The molecule has 2 rings (SSSR count). The number of anilines is 1. The molecule has 0 atom stereocenters. The zero-order valence-electron chi connectivity index (χ0n) is 12.2. The van der Waals surface area contributed by atoms with Crippen LogP contribution in [0.2, 0.25) is 5.02 Å². The molecule has 3 nitrogen and oxygen atoms in total. The van der Waals surface area contributed by atoms with Crippen molar-refractivity contribution in [3.8, 4) is 11.3 Å². The van der Waals surface area contributed by atoms with E-state index in [2.05, 4.69) is 4.98 Å². The second kappa shape index (κ2) is 5.09. The lowest BCUT2D eigenvalue weighted by atomic mass is 9.95. The smallest absolute Gasteiger partial charge is 0.134 e. The van der Waals surface area contributed by atoms with Crippen LogP contribution in [0.3, 0.4) is 0 Å². The molecule has 1 heterocycles. The third kappa shape index (κ3) is 2.40. The van der Waals surface area contributed by atoms with Crippen LogP contribution < -0.4 is 5.73 Å². The summed E-state index contributed by atoms with van der Waals surface area (Å²) in [4.78, 5) is 4.56. The van der Waals surface area contributed by atoms with E-state index in [1.54, 1.807) is 12.1 Å². The van der Waals surface area contributed by atoms with Gasteiger partial charge in [0.25, 0.3) is 0 Å². The highest BCUT2D eigenvalue weighted by Crippen LogP contribution is 2.36. The Bertz CT molecular complexity index is 621. The van der Waals surface area contributed by atoms with Gasteiger partial charge in [-0.25, -0.2) is 9.37 Å². The molecule has 0 bridgehead atoms. The van der Waals surface area contributed by atoms with Crippen molar-refractivity contribution < 1.29 is 4.39 Å². The van der Waals surface area contributed by atoms with Crippen molar-refractivity contribution in [2.45, 2.75) is 39.7 Å². The van der Waals surface area contributed by atoms with E-state index in [-0.39, 0.29) is 11.0 Å². The Morgan fingerprint density at radius 1 is 1.35 bits per heavy atom. The minimum absolute atomic E-state index is 0.180. The molecule has 0 saturated carbocycles. The Labute approximate surface area is 123 Å². The van der Waals surface area contributed by atoms with Crippen LogP contribution in [0.15, 0.2) is 18.2 Å². The molecular weight excluding hydrogens is 277 g/mol. The number of rotatable bonds is 2. The highest BCUT2D eigenvalue weighted by molar-refractivity contribution is 6.33. The van der Waals surface area contributed by atoms with Crippen molar-refractivity contribution >= 4 is 17.4 Å². The van der Waals surface area contributed by atoms with Gasteiger partial charge in [0.15, 0.2) is 0 Å². The normalized spacial score (nSPS) is 11.9. The van der Waals surface area contributed by atoms with Crippen LogP contribution in [0.25, 0.3) is 11.3 Å². The molecule has 20 heavy (non-hydrogen) atoms. The summed E-state index contributed by atoms with van der Waals surface area (Å²) in [5, 5.41) is 0.318. The van der Waals surface area contributed by atoms with Crippen LogP contribution in [-0.4, -0.2) is 9.55 Å². The SMILES string of the molecule is CCn1c(C(C)(C)C)nc(-c2c(F)cccc2Cl)c1N. The van der Waals surface area contributed by atoms with E-state index < -0.39 is 5.82 Å². The molecule has 0 saturated heterocycles. The van der Waals surface area contributed by atoms with Crippen LogP contribution in [0.1, 0.15) is 33.5 Å². The second-order valence-corrected chi connectivity index (χ2v) is 6.17. The van der Waals surface area contributed by atoms with Gasteiger partial charge in [0.1, 0.15) is 23.2 Å². The molecule has 0 aliphatic heterocycles. The lowest BCUT2D eigenvalue weighted by Gasteiger charge is -2.19. The Morgan fingerprint density at radius 3 is 2.45 bits per heavy atom. The summed E-state index contributed by atoms with van der Waals surface area (Å²) in [7, 11) is 0. The molecule has 0 aliphatic carbocycles. The number of nitrogens with zero attached hydrogens (tertiary/aromatic N) is 2. The lowest BCUT2D eigenvalue weighted by Crippen LogP contribution is -2.19. The van der Waals surface area contributed by atoms with E-state index in [4.69, 9.17) is 17.3 Å². The predicted molar refractivity (Wildman–Crippen MR) is 81.4 cm³/mol. The topological polar surface area (TPSA) is 43.8 Å². The van der Waals surface area contributed by atoms with Gasteiger partial charge in [-0.15, -0.1) is 0 Å². The van der Waals surface area contributed by atoms with Crippen molar-refractivity contribution in [2.75, 3.05) is 5.73 Å². The molecule has 0 aliphatic rings. The first-order valence-electron chi connectivity index (χ1n) is 6.58. The van der Waals surface area contributed by atoms with Gasteiger partial charge in [-0.1, -0.05) is 38.4 Å². The van der Waals surface area contributed by atoms with E-state index in [1.165, 1.54) is 6.07 Å². The van der Waals surface area contributed by atoms with Gasteiger partial charge in [0.2, 0.25) is 0 Å². The quantitative estimate of drug-likeness (QED) is 0.900. The first-order valence-corrected chi connectivity index (χ1v) is 6.96. The summed E-state index contributed by atoms with van der Waals surface area (Å²) < 4.78 is 16.0. The number of benzene rings is 1. The van der Waals surface area contributed by atoms with Gasteiger partial charge in [-0.3, -0.25) is 0 Å². The Balaban J connectivity index is 2.74. The Morgan fingerprint density at radius 2 is 2.00 bits per heavy atom. The monoisotopic (exact) mass is 295 g/mol. The van der Waals surface area contributed by atoms with Gasteiger partial charge in [-0.2, -0.15) is 0 Å². The maximum atomic E-state index is 14.1. The van der Waals surface area contributed by atoms with E-state index in [0.717, 1.165) is 5.82 Å². The summed E-state index contributed by atoms with van der Waals surface area (Å²) in [5.74, 6) is 0.863. The molecule has 108 valence electrons. The Hall–Kier alpha value is -1.55. The summed E-state index contributed by atoms with van der Waals surface area (Å²) in [5.41, 5.74) is 6.66. The van der Waals surface area contributed by atoms with Crippen LogP contribution in [0.4, 0.5) is 10.2 Å². The van der Waals surface area contributed by atoms with Crippen molar-refractivity contribution in [1.82, 2.24) is 9.55 Å². The number of nitrogen functional groups attached to an aromatic ring is 1. The average molecular weight is 296 g/mol. The lowest BCUT2D eigenvalue weighted by molar-refractivity contribution is 0.508. The van der Waals surface area contributed by atoms with Crippen molar-refractivity contribution in [3.05, 3.63) is 34.9 Å². The molecular formula is C15H19ClFN3. The predicted octanol–water partition coefficient (Wildman–Crippen LogP) is 4.24. The Kier molecular flexibility index (Phi) is 3.78. The summed E-state index contributed by atoms with van der Waals surface area (Å²) in [6.07, 6.45) is 0. The summed E-state index contributed by atoms with van der Waals surface area (Å²) in [6, 6.07) is 4.57. The highest BCUT2D eigenvalue weighted by atomic mass is 35.5. The van der Waals surface area contributed by atoms with Gasteiger partial charge < -0.3 is 10.3 Å². The van der Waals surface area contributed by atoms with Gasteiger partial charge in [-0.05, 0) is 19.1 Å². The summed E-state index contributed by atoms with van der Waals surface area (Å²) >= 11 is 6.11. The standard InChI is InChI=1S/C15H19ClFN3/c1-5-20-13(18)12(19-14(20)15(2,3)4)11-9(16)7-6-8-10(11)17/h6-8H,5,18H2,1-4H3. The third-order valence-corrected chi connectivity index (χ3v) is 3.51. The number of hydrogen-bond acceptors (Lipinski definition) is 2. The number of nitrogens with two attached hydrogens (primary N) is 1. The minimum Gasteiger partial charge on any atom is -0.383 e. The maximum absolute atomic E-state index is 14.1. The zero-order chi connectivity index (χ0) is 15.1. The number of imidazole rings is 1. The minimum atomic E-state index is -0.412. The summed E-state index contributed by atoms with van der Waals surface area (Å²) in [6.45, 7) is 8.81. The fraction of sp³-hybridized carbons (Fsp3) is 0.400. The number of aromatic nitrogens is 2. The molecule has 0 amide bonds. The molecule has 2 aromatic rings. The molecule has 0 radical (unpaired) electrons. The molecule has 1 aromatic heterocycles. The number of halogens is 2. The molecule has 1 aromatic carbocycles. The van der Waals surface area contributed by atoms with Crippen LogP contribution in [0, 0.1) is 5.82 Å². The van der Waals surface area contributed by atoms with Crippen molar-refractivity contribution in [3.63, 3.8) is 0 Å². The maximum Gasteiger partial charge on any atom is 0.134 e. The second-order valence-electron chi connectivity index (χ2n) is 5.76. The van der Waals surface area contributed by atoms with Gasteiger partial charge in [0.05, 0.1) is 10.6 Å². The van der Waals surface area contributed by atoms with E-state index in [9.17, 15) is 4.39 Å².